The largest absolute Gasteiger partial charge is 0.383 e. The first-order valence-corrected chi connectivity index (χ1v) is 12.5. The lowest BCUT2D eigenvalue weighted by Gasteiger charge is -2.19. The van der Waals surface area contributed by atoms with E-state index in [2.05, 4.69) is 33.7 Å². The quantitative estimate of drug-likeness (QED) is 0.404. The highest BCUT2D eigenvalue weighted by atomic mass is 16.2. The molecule has 192 valence electrons. The second kappa shape index (κ2) is 10.1. The molecule has 0 spiro atoms. The predicted octanol–water partition coefficient (Wildman–Crippen LogP) is 4.25. The number of nitrogens with two attached hydrogens (primary N) is 1. The SMILES string of the molecule is C=CC(=O)N1C[C@H](n2c(C#CC(C)(C)C)c(C(=O)N[C@H](C)c3ccccc3)c3c(N)ncnc32)C[C@@H]1C. The van der Waals surface area contributed by atoms with Gasteiger partial charge in [-0.3, -0.25) is 9.59 Å². The van der Waals surface area contributed by atoms with Crippen LogP contribution in [0.5, 0.6) is 0 Å². The zero-order chi connectivity index (χ0) is 26.9. The molecule has 1 fully saturated rings. The number of aromatic nitrogens is 3. The summed E-state index contributed by atoms with van der Waals surface area (Å²) in [5.74, 6) is 6.35. The number of fused-ring (bicyclic) bond motifs is 1. The third-order valence-electron chi connectivity index (χ3n) is 6.62. The molecule has 2 amide bonds. The first-order chi connectivity index (χ1) is 17.5. The van der Waals surface area contributed by atoms with Crippen molar-refractivity contribution in [3.05, 3.63) is 66.1 Å². The molecular formula is C29H34N6O2. The number of amides is 2. The first-order valence-electron chi connectivity index (χ1n) is 12.5. The summed E-state index contributed by atoms with van der Waals surface area (Å²) < 4.78 is 1.97. The average Bonchev–Trinajstić information content (AvgIpc) is 3.40. The predicted molar refractivity (Wildman–Crippen MR) is 146 cm³/mol. The number of carbonyl (C=O) groups excluding carboxylic acids is 2. The fraction of sp³-hybridized carbons (Fsp3) is 0.379. The Morgan fingerprint density at radius 3 is 2.59 bits per heavy atom. The van der Waals surface area contributed by atoms with Gasteiger partial charge in [0.15, 0.2) is 0 Å². The van der Waals surface area contributed by atoms with Crippen LogP contribution in [-0.2, 0) is 4.79 Å². The second-order valence-electron chi connectivity index (χ2n) is 10.6. The Morgan fingerprint density at radius 1 is 1.24 bits per heavy atom. The Morgan fingerprint density at radius 2 is 1.95 bits per heavy atom. The van der Waals surface area contributed by atoms with Crippen molar-refractivity contribution in [2.75, 3.05) is 12.3 Å². The molecule has 0 saturated carbocycles. The van der Waals surface area contributed by atoms with Crippen molar-refractivity contribution in [3.8, 4) is 11.8 Å². The van der Waals surface area contributed by atoms with Gasteiger partial charge < -0.3 is 20.5 Å². The minimum Gasteiger partial charge on any atom is -0.383 e. The molecule has 3 heterocycles. The number of nitrogen functional groups attached to an aromatic ring is 1. The lowest BCUT2D eigenvalue weighted by Crippen LogP contribution is -2.32. The average molecular weight is 499 g/mol. The highest BCUT2D eigenvalue weighted by molar-refractivity contribution is 6.12. The molecule has 3 N–H and O–H groups in total. The molecule has 0 bridgehead atoms. The molecule has 0 unspecified atom stereocenters. The summed E-state index contributed by atoms with van der Waals surface area (Å²) >= 11 is 0. The standard InChI is InChI=1S/C29H34N6O2/c1-7-23(36)34-16-21(15-18(34)2)35-22(13-14-29(4,5)6)24(25-26(30)31-17-32-27(25)35)28(37)33-19(3)20-11-9-8-10-12-20/h7-12,17-19,21H,1,15-16H2,2-6H3,(H,33,37)(H2,30,31,32)/t18-,19+,21+/m0/s1. The van der Waals surface area contributed by atoms with E-state index in [-0.39, 0.29) is 41.2 Å². The zero-order valence-electron chi connectivity index (χ0n) is 22.1. The first kappa shape index (κ1) is 26.0. The van der Waals surface area contributed by atoms with E-state index in [1.165, 1.54) is 12.4 Å². The van der Waals surface area contributed by atoms with Crippen molar-refractivity contribution < 1.29 is 9.59 Å². The van der Waals surface area contributed by atoms with Gasteiger partial charge in [0.05, 0.1) is 23.0 Å². The highest BCUT2D eigenvalue weighted by Gasteiger charge is 2.37. The van der Waals surface area contributed by atoms with Crippen molar-refractivity contribution in [2.45, 2.75) is 59.2 Å². The number of likely N-dealkylation sites (tertiary alicyclic amines) is 1. The van der Waals surface area contributed by atoms with Gasteiger partial charge in [-0.1, -0.05) is 42.8 Å². The maximum absolute atomic E-state index is 13.9. The Labute approximate surface area is 218 Å². The molecule has 8 heteroatoms. The van der Waals surface area contributed by atoms with Crippen LogP contribution < -0.4 is 11.1 Å². The van der Waals surface area contributed by atoms with Crippen LogP contribution in [0.2, 0.25) is 0 Å². The third kappa shape index (κ3) is 5.21. The molecule has 1 saturated heterocycles. The van der Waals surface area contributed by atoms with Crippen molar-refractivity contribution in [1.82, 2.24) is 24.8 Å². The monoisotopic (exact) mass is 498 g/mol. The van der Waals surface area contributed by atoms with E-state index in [0.717, 1.165) is 5.56 Å². The maximum Gasteiger partial charge on any atom is 0.255 e. The van der Waals surface area contributed by atoms with Gasteiger partial charge in [-0.05, 0) is 58.6 Å². The van der Waals surface area contributed by atoms with Crippen molar-refractivity contribution >= 4 is 28.7 Å². The lowest BCUT2D eigenvalue weighted by molar-refractivity contribution is -0.126. The summed E-state index contributed by atoms with van der Waals surface area (Å²) in [6.07, 6.45) is 3.41. The van der Waals surface area contributed by atoms with E-state index >= 15 is 0 Å². The van der Waals surface area contributed by atoms with Crippen LogP contribution in [0.15, 0.2) is 49.3 Å². The van der Waals surface area contributed by atoms with Gasteiger partial charge in [0.25, 0.3) is 5.91 Å². The van der Waals surface area contributed by atoms with Crippen LogP contribution in [0, 0.1) is 17.3 Å². The summed E-state index contributed by atoms with van der Waals surface area (Å²) in [7, 11) is 0. The Balaban J connectivity index is 1.90. The van der Waals surface area contributed by atoms with Crippen molar-refractivity contribution in [3.63, 3.8) is 0 Å². The molecule has 3 aromatic rings. The number of benzene rings is 1. The second-order valence-corrected chi connectivity index (χ2v) is 10.6. The number of nitrogens with one attached hydrogen (secondary N) is 1. The van der Waals surface area contributed by atoms with Gasteiger partial charge in [0, 0.05) is 18.0 Å². The van der Waals surface area contributed by atoms with Gasteiger partial charge in [0.1, 0.15) is 23.5 Å². The number of anilines is 1. The minimum absolute atomic E-state index is 0.00839. The van der Waals surface area contributed by atoms with Gasteiger partial charge in [-0.15, -0.1) is 0 Å². The van der Waals surface area contributed by atoms with Gasteiger partial charge >= 0.3 is 0 Å². The Kier molecular flexibility index (Phi) is 7.08. The normalized spacial score (nSPS) is 18.2. The summed E-state index contributed by atoms with van der Waals surface area (Å²) in [6.45, 7) is 14.1. The molecule has 0 radical (unpaired) electrons. The Bertz CT molecular complexity index is 1410. The van der Waals surface area contributed by atoms with E-state index in [0.29, 0.717) is 35.3 Å². The third-order valence-corrected chi connectivity index (χ3v) is 6.62. The molecule has 1 aromatic carbocycles. The molecule has 1 aliphatic heterocycles. The van der Waals surface area contributed by atoms with Gasteiger partial charge in [0.2, 0.25) is 5.91 Å². The Hall–Kier alpha value is -4.12. The molecule has 1 aliphatic rings. The smallest absolute Gasteiger partial charge is 0.255 e. The van der Waals surface area contributed by atoms with E-state index in [9.17, 15) is 9.59 Å². The van der Waals surface area contributed by atoms with E-state index in [4.69, 9.17) is 5.73 Å². The fourth-order valence-electron chi connectivity index (χ4n) is 4.81. The minimum atomic E-state index is -0.308. The molecular weight excluding hydrogens is 464 g/mol. The molecule has 3 atom stereocenters. The fourth-order valence-corrected chi connectivity index (χ4v) is 4.81. The van der Waals surface area contributed by atoms with Gasteiger partial charge in [-0.25, -0.2) is 9.97 Å². The zero-order valence-corrected chi connectivity index (χ0v) is 22.1. The van der Waals surface area contributed by atoms with Crippen molar-refractivity contribution in [1.29, 1.82) is 0 Å². The summed E-state index contributed by atoms with van der Waals surface area (Å²) in [6, 6.07) is 9.36. The van der Waals surface area contributed by atoms with Crippen LogP contribution in [0.3, 0.4) is 0 Å². The van der Waals surface area contributed by atoms with Gasteiger partial charge in [-0.2, -0.15) is 0 Å². The molecule has 0 aliphatic carbocycles. The highest BCUT2D eigenvalue weighted by Crippen LogP contribution is 2.36. The number of carbonyl (C=O) groups is 2. The molecule has 37 heavy (non-hydrogen) atoms. The summed E-state index contributed by atoms with van der Waals surface area (Å²) in [5, 5.41) is 3.58. The van der Waals surface area contributed by atoms with E-state index in [1.807, 2.05) is 69.5 Å². The topological polar surface area (TPSA) is 106 Å². The maximum atomic E-state index is 13.9. The summed E-state index contributed by atoms with van der Waals surface area (Å²) in [5.41, 5.74) is 8.44. The van der Waals surface area contributed by atoms with Crippen molar-refractivity contribution in [2.24, 2.45) is 5.41 Å². The number of nitrogens with zero attached hydrogens (tertiary/aromatic N) is 4. The molecule has 8 nitrogen and oxygen atoms in total. The number of hydrogen-bond donors (Lipinski definition) is 2. The van der Waals surface area contributed by atoms with Crippen LogP contribution >= 0.6 is 0 Å². The number of rotatable bonds is 5. The number of hydrogen-bond acceptors (Lipinski definition) is 5. The van der Waals surface area contributed by atoms with E-state index in [1.54, 1.807) is 4.90 Å². The van der Waals surface area contributed by atoms with Crippen LogP contribution in [-0.4, -0.2) is 43.8 Å². The lowest BCUT2D eigenvalue weighted by atomic mass is 9.97. The van der Waals surface area contributed by atoms with Crippen LogP contribution in [0.1, 0.15) is 74.7 Å². The van der Waals surface area contributed by atoms with Crippen LogP contribution in [0.25, 0.3) is 11.0 Å². The van der Waals surface area contributed by atoms with Crippen LogP contribution in [0.4, 0.5) is 5.82 Å². The summed E-state index contributed by atoms with van der Waals surface area (Å²) in [4.78, 5) is 36.9. The van der Waals surface area contributed by atoms with E-state index < -0.39 is 0 Å². The molecule has 2 aromatic heterocycles. The molecule has 4 rings (SSSR count).